The Bertz CT molecular complexity index is 4030. The largest absolute Gasteiger partial charge is 0.455 e. The van der Waals surface area contributed by atoms with Crippen LogP contribution in [0.1, 0.15) is 0 Å². The van der Waals surface area contributed by atoms with Crippen molar-refractivity contribution in [1.82, 2.24) is 13.7 Å². The van der Waals surface area contributed by atoms with Crippen molar-refractivity contribution in [2.45, 2.75) is 0 Å². The van der Waals surface area contributed by atoms with E-state index in [1.54, 1.807) is 0 Å². The van der Waals surface area contributed by atoms with E-state index in [0.717, 1.165) is 77.2 Å². The number of para-hydroxylation sites is 4. The molecule has 0 aliphatic carbocycles. The molecule has 0 radical (unpaired) electrons. The summed E-state index contributed by atoms with van der Waals surface area (Å²) in [6.45, 7) is 0. The Morgan fingerprint density at radius 2 is 0.746 bits per heavy atom. The molecule has 0 fully saturated rings. The van der Waals surface area contributed by atoms with E-state index in [-0.39, 0.29) is 0 Å². The summed E-state index contributed by atoms with van der Waals surface area (Å²) in [5.74, 6) is 0. The number of fused-ring (bicyclic) bond motifs is 17. The van der Waals surface area contributed by atoms with Crippen molar-refractivity contribution in [2.24, 2.45) is 0 Å². The molecule has 0 aliphatic rings. The van der Waals surface area contributed by atoms with Crippen molar-refractivity contribution < 1.29 is 4.42 Å². The third kappa shape index (κ3) is 4.16. The van der Waals surface area contributed by atoms with Crippen LogP contribution >= 0.6 is 11.3 Å². The van der Waals surface area contributed by atoms with Gasteiger partial charge in [0.25, 0.3) is 0 Å². The van der Waals surface area contributed by atoms with Gasteiger partial charge in [0, 0.05) is 69.6 Å². The predicted molar refractivity (Wildman–Crippen MR) is 250 cm³/mol. The predicted octanol–water partition coefficient (Wildman–Crippen LogP) is 15.2. The van der Waals surface area contributed by atoms with Gasteiger partial charge in [0.2, 0.25) is 0 Å². The molecule has 0 spiro atoms. The lowest BCUT2D eigenvalue weighted by Crippen LogP contribution is -1.95. The zero-order valence-corrected chi connectivity index (χ0v) is 32.4. The van der Waals surface area contributed by atoms with Crippen molar-refractivity contribution in [2.75, 3.05) is 0 Å². The van der Waals surface area contributed by atoms with Crippen LogP contribution in [0.5, 0.6) is 0 Å². The van der Waals surface area contributed by atoms with Crippen molar-refractivity contribution >= 4 is 119 Å². The molecular formula is C54H31N3OS. The number of nitrogens with zero attached hydrogens (tertiary/aromatic N) is 3. The highest BCUT2D eigenvalue weighted by molar-refractivity contribution is 7.25. The molecule has 0 unspecified atom stereocenters. The SMILES string of the molecule is c1ccc(-n2c3ccc(-n4c5ccccc5c5ccccc54)cc3c3c4oc5c(ccc6c5c5ccccc5n6-c5ccc6sc7ccccc7c6c5)c4ccc32)cc1. The average Bonchev–Trinajstić information content (AvgIpc) is 4.09. The van der Waals surface area contributed by atoms with Crippen LogP contribution in [-0.2, 0) is 0 Å². The van der Waals surface area contributed by atoms with E-state index in [9.17, 15) is 0 Å². The summed E-state index contributed by atoms with van der Waals surface area (Å²) >= 11 is 1.85. The van der Waals surface area contributed by atoms with Crippen LogP contribution < -0.4 is 0 Å². The van der Waals surface area contributed by atoms with Crippen LogP contribution in [0.2, 0.25) is 0 Å². The third-order valence-corrected chi connectivity index (χ3v) is 13.8. The number of furan rings is 1. The number of hydrogen-bond acceptors (Lipinski definition) is 2. The molecule has 0 saturated heterocycles. The molecule has 4 nitrogen and oxygen atoms in total. The van der Waals surface area contributed by atoms with Gasteiger partial charge in [-0.05, 0) is 97.1 Å². The number of aromatic nitrogens is 3. The molecule has 274 valence electrons. The second-order valence-corrected chi connectivity index (χ2v) is 16.7. The molecular weight excluding hydrogens is 739 g/mol. The molecule has 0 bridgehead atoms. The van der Waals surface area contributed by atoms with E-state index < -0.39 is 0 Å². The molecule has 0 saturated carbocycles. The van der Waals surface area contributed by atoms with Gasteiger partial charge in [-0.2, -0.15) is 0 Å². The Morgan fingerprint density at radius 3 is 1.44 bits per heavy atom. The molecule has 5 heterocycles. The highest BCUT2D eigenvalue weighted by Crippen LogP contribution is 2.46. The van der Waals surface area contributed by atoms with E-state index in [4.69, 9.17) is 4.42 Å². The molecule has 59 heavy (non-hydrogen) atoms. The third-order valence-electron chi connectivity index (χ3n) is 12.6. The van der Waals surface area contributed by atoms with Crippen molar-refractivity contribution in [3.8, 4) is 17.1 Å². The molecule has 14 rings (SSSR count). The number of rotatable bonds is 3. The average molecular weight is 770 g/mol. The standard InChI is InChI=1S/C54H31N3OS/c1-2-12-32(13-3-1)55-46-26-22-33(56-43-18-8-4-14-35(43)36-15-5-9-19-44(36)56)31-42(46)52-48(55)28-25-39-38-24-27-47-51(53(38)58-54(39)52)40-17-6-10-20-45(40)57(47)34-23-29-50-41(30-34)37-16-7-11-21-49(37)59-50/h1-31H. The zero-order chi connectivity index (χ0) is 38.3. The number of hydrogen-bond donors (Lipinski definition) is 0. The highest BCUT2D eigenvalue weighted by atomic mass is 32.1. The molecule has 5 aromatic heterocycles. The van der Waals surface area contributed by atoms with E-state index in [0.29, 0.717) is 0 Å². The maximum Gasteiger partial charge on any atom is 0.145 e. The lowest BCUT2D eigenvalue weighted by atomic mass is 10.1. The summed E-state index contributed by atoms with van der Waals surface area (Å²) < 4.78 is 17.2. The molecule has 0 atom stereocenters. The summed E-state index contributed by atoms with van der Waals surface area (Å²) in [6, 6.07) is 68.6. The number of benzene rings is 9. The number of thiophene rings is 1. The second kappa shape index (κ2) is 11.5. The van der Waals surface area contributed by atoms with Crippen LogP contribution in [0.15, 0.2) is 192 Å². The van der Waals surface area contributed by atoms with Crippen LogP contribution in [0, 0.1) is 0 Å². The Labute approximate surface area is 340 Å². The van der Waals surface area contributed by atoms with Gasteiger partial charge in [-0.15, -0.1) is 11.3 Å². The molecule has 0 amide bonds. The first-order chi connectivity index (χ1) is 29.3. The maximum absolute atomic E-state index is 7.35. The summed E-state index contributed by atoms with van der Waals surface area (Å²) in [5, 5.41) is 11.9. The first kappa shape index (κ1) is 31.5. The van der Waals surface area contributed by atoms with E-state index in [1.165, 1.54) is 47.4 Å². The molecule has 5 heteroatoms. The summed E-state index contributed by atoms with van der Waals surface area (Å²) in [4.78, 5) is 0. The summed E-state index contributed by atoms with van der Waals surface area (Å²) in [5.41, 5.74) is 12.2. The van der Waals surface area contributed by atoms with Crippen molar-refractivity contribution in [3.63, 3.8) is 0 Å². The monoisotopic (exact) mass is 769 g/mol. The van der Waals surface area contributed by atoms with Gasteiger partial charge in [-0.1, -0.05) is 91.0 Å². The molecule has 0 N–H and O–H groups in total. The van der Waals surface area contributed by atoms with Gasteiger partial charge in [0.15, 0.2) is 0 Å². The normalized spacial score (nSPS) is 12.4. The van der Waals surface area contributed by atoms with E-state index >= 15 is 0 Å². The molecule has 14 aromatic rings. The lowest BCUT2D eigenvalue weighted by molar-refractivity contribution is 0.677. The minimum absolute atomic E-state index is 0.909. The molecule has 0 aliphatic heterocycles. The van der Waals surface area contributed by atoms with Crippen LogP contribution in [0.25, 0.3) is 125 Å². The van der Waals surface area contributed by atoms with Crippen LogP contribution in [0.3, 0.4) is 0 Å². The van der Waals surface area contributed by atoms with Crippen LogP contribution in [-0.4, -0.2) is 13.7 Å². The second-order valence-electron chi connectivity index (χ2n) is 15.6. The fourth-order valence-corrected chi connectivity index (χ4v) is 11.2. The van der Waals surface area contributed by atoms with Crippen molar-refractivity contribution in [1.29, 1.82) is 0 Å². The topological polar surface area (TPSA) is 27.9 Å². The highest BCUT2D eigenvalue weighted by Gasteiger charge is 2.23. The fraction of sp³-hybridized carbons (Fsp3) is 0. The molecule has 9 aromatic carbocycles. The quantitative estimate of drug-likeness (QED) is 0.176. The van der Waals surface area contributed by atoms with Gasteiger partial charge in [-0.3, -0.25) is 0 Å². The van der Waals surface area contributed by atoms with E-state index in [1.807, 2.05) is 11.3 Å². The Balaban J connectivity index is 1.09. The van der Waals surface area contributed by atoms with Gasteiger partial charge in [-0.25, -0.2) is 0 Å². The van der Waals surface area contributed by atoms with Gasteiger partial charge in [0.05, 0.1) is 43.9 Å². The lowest BCUT2D eigenvalue weighted by Gasteiger charge is -2.10. The summed E-state index contributed by atoms with van der Waals surface area (Å²) in [7, 11) is 0. The zero-order valence-electron chi connectivity index (χ0n) is 31.6. The van der Waals surface area contributed by atoms with Crippen LogP contribution in [0.4, 0.5) is 0 Å². The van der Waals surface area contributed by atoms with Gasteiger partial charge in [0.1, 0.15) is 11.2 Å². The minimum atomic E-state index is 0.909. The Hall–Kier alpha value is -7.60. The summed E-state index contributed by atoms with van der Waals surface area (Å²) in [6.07, 6.45) is 0. The Morgan fingerprint density at radius 1 is 0.288 bits per heavy atom. The van der Waals surface area contributed by atoms with Crippen molar-refractivity contribution in [3.05, 3.63) is 188 Å². The maximum atomic E-state index is 7.35. The Kier molecular flexibility index (Phi) is 6.14. The smallest absolute Gasteiger partial charge is 0.145 e. The van der Waals surface area contributed by atoms with Gasteiger partial charge < -0.3 is 18.1 Å². The first-order valence-electron chi connectivity index (χ1n) is 20.1. The minimum Gasteiger partial charge on any atom is -0.455 e. The van der Waals surface area contributed by atoms with Gasteiger partial charge >= 0.3 is 0 Å². The fourth-order valence-electron chi connectivity index (χ4n) is 10.2. The van der Waals surface area contributed by atoms with E-state index in [2.05, 4.69) is 202 Å². The first-order valence-corrected chi connectivity index (χ1v) is 20.9.